The molecule has 0 aliphatic rings. The van der Waals surface area contributed by atoms with Gasteiger partial charge >= 0.3 is 12.3 Å². The zero-order valence-electron chi connectivity index (χ0n) is 9.32. The number of carbonyl (C=O) groups is 1. The minimum Gasteiger partial charge on any atom is -0.444 e. The van der Waals surface area contributed by atoms with Gasteiger partial charge in [0.1, 0.15) is 5.60 Å². The molecule has 16 heavy (non-hydrogen) atoms. The predicted molar refractivity (Wildman–Crippen MR) is 57.6 cm³/mol. The Balaban J connectivity index is 4.18. The van der Waals surface area contributed by atoms with Gasteiger partial charge in [-0.25, -0.2) is 4.79 Å². The monoisotopic (exact) mass is 305 g/mol. The average molecular weight is 306 g/mol. The number of nitrogens with one attached hydrogen (secondary N) is 1. The standard InChI is InChI=1S/C9H15BrF3NO2/c1-8(2,3)16-7(15)14-6(5-10)4-9(11,12)13/h6H,4-5H2,1-3H3,(H,14,15)/t6-/m0/s1. The smallest absolute Gasteiger partial charge is 0.407 e. The molecule has 0 aromatic heterocycles. The summed E-state index contributed by atoms with van der Waals surface area (Å²) in [6.07, 6.45) is -6.24. The predicted octanol–water partition coefficient (Wildman–Crippen LogP) is 3.23. The van der Waals surface area contributed by atoms with Crippen molar-refractivity contribution in [1.29, 1.82) is 0 Å². The first-order valence-electron chi connectivity index (χ1n) is 4.66. The van der Waals surface area contributed by atoms with Gasteiger partial charge in [0.2, 0.25) is 0 Å². The molecule has 0 spiro atoms. The highest BCUT2D eigenvalue weighted by Crippen LogP contribution is 2.22. The lowest BCUT2D eigenvalue weighted by Gasteiger charge is -2.23. The van der Waals surface area contributed by atoms with E-state index >= 15 is 0 Å². The highest BCUT2D eigenvalue weighted by molar-refractivity contribution is 9.09. The van der Waals surface area contributed by atoms with Gasteiger partial charge in [0, 0.05) is 5.33 Å². The van der Waals surface area contributed by atoms with Crippen molar-refractivity contribution in [3.8, 4) is 0 Å². The molecule has 0 aromatic carbocycles. The molecule has 0 bridgehead atoms. The third-order valence-electron chi connectivity index (χ3n) is 1.38. The number of amides is 1. The van der Waals surface area contributed by atoms with E-state index in [9.17, 15) is 18.0 Å². The summed E-state index contributed by atoms with van der Waals surface area (Å²) in [5, 5.41) is 2.17. The van der Waals surface area contributed by atoms with E-state index in [1.54, 1.807) is 20.8 Å². The number of hydrogen-bond acceptors (Lipinski definition) is 2. The molecule has 0 aromatic rings. The van der Waals surface area contributed by atoms with Crippen LogP contribution in [0.25, 0.3) is 0 Å². The Labute approximate surface area is 101 Å². The maximum absolute atomic E-state index is 12.1. The summed E-state index contributed by atoms with van der Waals surface area (Å²) >= 11 is 2.91. The fourth-order valence-corrected chi connectivity index (χ4v) is 1.29. The molecule has 3 nitrogen and oxygen atoms in total. The number of rotatable bonds is 3. The molecule has 0 rings (SSSR count). The van der Waals surface area contributed by atoms with Gasteiger partial charge in [-0.3, -0.25) is 0 Å². The number of hydrogen-bond donors (Lipinski definition) is 1. The second-order valence-corrected chi connectivity index (χ2v) is 4.96. The topological polar surface area (TPSA) is 38.3 Å². The van der Waals surface area contributed by atoms with E-state index in [1.807, 2.05) is 0 Å². The molecular formula is C9H15BrF3NO2. The summed E-state index contributed by atoms with van der Waals surface area (Å²) < 4.78 is 41.1. The van der Waals surface area contributed by atoms with Gasteiger partial charge in [-0.2, -0.15) is 13.2 Å². The molecule has 0 saturated carbocycles. The first-order valence-corrected chi connectivity index (χ1v) is 5.78. The molecular weight excluding hydrogens is 291 g/mol. The molecule has 0 radical (unpaired) electrons. The summed E-state index contributed by atoms with van der Waals surface area (Å²) in [5.74, 6) is 0. The van der Waals surface area contributed by atoms with Gasteiger partial charge in [0.05, 0.1) is 12.5 Å². The molecule has 1 amide bonds. The largest absolute Gasteiger partial charge is 0.444 e. The van der Waals surface area contributed by atoms with E-state index in [0.717, 1.165) is 0 Å². The Bertz CT molecular complexity index is 238. The van der Waals surface area contributed by atoms with Crippen molar-refractivity contribution in [1.82, 2.24) is 5.32 Å². The summed E-state index contributed by atoms with van der Waals surface area (Å²) in [6.45, 7) is 4.92. The van der Waals surface area contributed by atoms with Crippen LogP contribution >= 0.6 is 15.9 Å². The lowest BCUT2D eigenvalue weighted by molar-refractivity contribution is -0.138. The van der Waals surface area contributed by atoms with Crippen molar-refractivity contribution in [2.75, 3.05) is 5.33 Å². The fourth-order valence-electron chi connectivity index (χ4n) is 0.898. The normalized spacial score (nSPS) is 14.4. The Kier molecular flexibility index (Phi) is 5.58. The van der Waals surface area contributed by atoms with Crippen LogP contribution in [0.15, 0.2) is 0 Å². The molecule has 7 heteroatoms. The second kappa shape index (κ2) is 5.75. The van der Waals surface area contributed by atoms with Crippen LogP contribution in [0.5, 0.6) is 0 Å². The summed E-state index contributed by atoms with van der Waals surface area (Å²) in [6, 6.07) is -1.02. The second-order valence-electron chi connectivity index (χ2n) is 4.32. The molecule has 0 aliphatic heterocycles. The van der Waals surface area contributed by atoms with E-state index in [-0.39, 0.29) is 5.33 Å². The number of alkyl halides is 4. The number of ether oxygens (including phenoxy) is 1. The van der Waals surface area contributed by atoms with E-state index in [2.05, 4.69) is 21.2 Å². The molecule has 1 atom stereocenters. The first kappa shape index (κ1) is 15.5. The molecule has 0 unspecified atom stereocenters. The highest BCUT2D eigenvalue weighted by Gasteiger charge is 2.32. The van der Waals surface area contributed by atoms with E-state index in [1.165, 1.54) is 0 Å². The minimum atomic E-state index is -4.31. The molecule has 0 heterocycles. The molecule has 0 aliphatic carbocycles. The Morgan fingerprint density at radius 3 is 2.19 bits per heavy atom. The molecule has 1 N–H and O–H groups in total. The summed E-state index contributed by atoms with van der Waals surface area (Å²) in [4.78, 5) is 11.2. The first-order chi connectivity index (χ1) is 7.03. The zero-order chi connectivity index (χ0) is 13.0. The lowest BCUT2D eigenvalue weighted by atomic mass is 10.2. The average Bonchev–Trinajstić information content (AvgIpc) is 1.96. The minimum absolute atomic E-state index is 0.0196. The van der Waals surface area contributed by atoms with Crippen molar-refractivity contribution in [2.24, 2.45) is 0 Å². The molecule has 0 saturated heterocycles. The van der Waals surface area contributed by atoms with E-state index < -0.39 is 30.3 Å². The van der Waals surface area contributed by atoms with Gasteiger partial charge in [-0.1, -0.05) is 15.9 Å². The van der Waals surface area contributed by atoms with Crippen LogP contribution in [0.2, 0.25) is 0 Å². The lowest BCUT2D eigenvalue weighted by Crippen LogP contribution is -2.42. The van der Waals surface area contributed by atoms with Crippen molar-refractivity contribution >= 4 is 22.0 Å². The number of alkyl carbamates (subject to hydrolysis) is 1. The Morgan fingerprint density at radius 2 is 1.88 bits per heavy atom. The molecule has 0 fully saturated rings. The highest BCUT2D eigenvalue weighted by atomic mass is 79.9. The van der Waals surface area contributed by atoms with E-state index in [4.69, 9.17) is 4.74 Å². The van der Waals surface area contributed by atoms with Crippen LogP contribution in [0, 0.1) is 0 Å². The number of carbonyl (C=O) groups excluding carboxylic acids is 1. The molecule has 96 valence electrons. The van der Waals surface area contributed by atoms with Gasteiger partial charge in [0.15, 0.2) is 0 Å². The van der Waals surface area contributed by atoms with Crippen molar-refractivity contribution in [3.05, 3.63) is 0 Å². The Morgan fingerprint density at radius 1 is 1.38 bits per heavy atom. The van der Waals surface area contributed by atoms with E-state index in [0.29, 0.717) is 0 Å². The third kappa shape index (κ3) is 8.82. The summed E-state index contributed by atoms with van der Waals surface area (Å²) in [7, 11) is 0. The van der Waals surface area contributed by atoms with Crippen molar-refractivity contribution < 1.29 is 22.7 Å². The fraction of sp³-hybridized carbons (Fsp3) is 0.889. The number of halogens is 4. The Hall–Kier alpha value is -0.460. The van der Waals surface area contributed by atoms with Gasteiger partial charge in [-0.15, -0.1) is 0 Å². The van der Waals surface area contributed by atoms with Crippen LogP contribution in [0.3, 0.4) is 0 Å². The van der Waals surface area contributed by atoms with Crippen LogP contribution < -0.4 is 5.32 Å². The van der Waals surface area contributed by atoms with Crippen molar-refractivity contribution in [3.63, 3.8) is 0 Å². The quantitative estimate of drug-likeness (QED) is 0.813. The van der Waals surface area contributed by atoms with Gasteiger partial charge in [-0.05, 0) is 20.8 Å². The van der Waals surface area contributed by atoms with Crippen LogP contribution in [-0.4, -0.2) is 29.2 Å². The summed E-state index contributed by atoms with van der Waals surface area (Å²) in [5.41, 5.74) is -0.723. The zero-order valence-corrected chi connectivity index (χ0v) is 10.9. The third-order valence-corrected chi connectivity index (χ3v) is 2.17. The van der Waals surface area contributed by atoms with Gasteiger partial charge < -0.3 is 10.1 Å². The van der Waals surface area contributed by atoms with Gasteiger partial charge in [0.25, 0.3) is 0 Å². The van der Waals surface area contributed by atoms with Crippen LogP contribution in [-0.2, 0) is 4.74 Å². The van der Waals surface area contributed by atoms with Crippen LogP contribution in [0.4, 0.5) is 18.0 Å². The SMILES string of the molecule is CC(C)(C)OC(=O)N[C@H](CBr)CC(F)(F)F. The van der Waals surface area contributed by atoms with Crippen molar-refractivity contribution in [2.45, 2.75) is 45.0 Å². The maximum atomic E-state index is 12.1. The maximum Gasteiger partial charge on any atom is 0.407 e. The van der Waals surface area contributed by atoms with Crippen LogP contribution in [0.1, 0.15) is 27.2 Å².